The van der Waals surface area contributed by atoms with Crippen LogP contribution in [0.2, 0.25) is 5.02 Å². The Kier molecular flexibility index (Phi) is 3.24. The summed E-state index contributed by atoms with van der Waals surface area (Å²) in [4.78, 5) is 11.7. The third-order valence-corrected chi connectivity index (χ3v) is 2.40. The lowest BCUT2D eigenvalue weighted by Gasteiger charge is -2.07. The lowest BCUT2D eigenvalue weighted by Crippen LogP contribution is -2.12. The van der Waals surface area contributed by atoms with Crippen molar-refractivity contribution in [3.63, 3.8) is 0 Å². The molecule has 0 unspecified atom stereocenters. The van der Waals surface area contributed by atoms with Crippen LogP contribution >= 0.6 is 11.6 Å². The van der Waals surface area contributed by atoms with Crippen molar-refractivity contribution < 1.29 is 9.53 Å². The normalized spacial score (nSPS) is 10.0. The minimum absolute atomic E-state index is 0.184. The van der Waals surface area contributed by atoms with Gasteiger partial charge in [0.15, 0.2) is 5.69 Å². The predicted molar refractivity (Wildman–Crippen MR) is 62.3 cm³/mol. The van der Waals surface area contributed by atoms with Crippen LogP contribution in [0.3, 0.4) is 0 Å². The molecule has 0 aliphatic rings. The van der Waals surface area contributed by atoms with E-state index in [1.54, 1.807) is 18.2 Å². The summed E-state index contributed by atoms with van der Waals surface area (Å²) < 4.78 is 5.04. The van der Waals surface area contributed by atoms with Crippen molar-refractivity contribution in [1.82, 2.24) is 15.4 Å². The molecule has 2 aromatic rings. The second kappa shape index (κ2) is 4.84. The second-order valence-electron chi connectivity index (χ2n) is 3.16. The van der Waals surface area contributed by atoms with Gasteiger partial charge in [-0.05, 0) is 12.1 Å². The van der Waals surface area contributed by atoms with Gasteiger partial charge in [-0.1, -0.05) is 11.6 Å². The van der Waals surface area contributed by atoms with Crippen LogP contribution in [0.5, 0.6) is 5.75 Å². The molecule has 2 rings (SSSR count). The number of anilines is 1. The number of halogens is 1. The smallest absolute Gasteiger partial charge is 0.277 e. The lowest BCUT2D eigenvalue weighted by molar-refractivity contribution is 0.102. The van der Waals surface area contributed by atoms with E-state index in [1.165, 1.54) is 13.3 Å². The highest BCUT2D eigenvalue weighted by Crippen LogP contribution is 2.26. The fourth-order valence-corrected chi connectivity index (χ4v) is 1.39. The number of hydrogen-bond donors (Lipinski definition) is 2. The third-order valence-electron chi connectivity index (χ3n) is 2.07. The Labute approximate surface area is 102 Å². The van der Waals surface area contributed by atoms with Gasteiger partial charge in [0.1, 0.15) is 5.75 Å². The van der Waals surface area contributed by atoms with E-state index in [0.717, 1.165) is 0 Å². The average molecular weight is 253 g/mol. The van der Waals surface area contributed by atoms with Gasteiger partial charge in [0.25, 0.3) is 5.91 Å². The van der Waals surface area contributed by atoms with Crippen LogP contribution in [0.4, 0.5) is 5.69 Å². The van der Waals surface area contributed by atoms with E-state index in [0.29, 0.717) is 16.5 Å². The molecule has 6 nitrogen and oxygen atoms in total. The number of benzene rings is 1. The summed E-state index contributed by atoms with van der Waals surface area (Å²) in [5.74, 6) is 0.207. The van der Waals surface area contributed by atoms with Gasteiger partial charge in [0.05, 0.1) is 24.0 Å². The molecule has 0 fully saturated rings. The molecule has 1 aromatic carbocycles. The molecule has 88 valence electrons. The molecular formula is C10H9ClN4O2. The summed E-state index contributed by atoms with van der Waals surface area (Å²) >= 11 is 5.94. The summed E-state index contributed by atoms with van der Waals surface area (Å²) in [5.41, 5.74) is 0.642. The highest BCUT2D eigenvalue weighted by atomic mass is 35.5. The van der Waals surface area contributed by atoms with Gasteiger partial charge in [-0.3, -0.25) is 4.79 Å². The van der Waals surface area contributed by atoms with E-state index < -0.39 is 5.91 Å². The predicted octanol–water partition coefficient (Wildman–Crippen LogP) is 1.72. The minimum Gasteiger partial charge on any atom is -0.497 e. The van der Waals surface area contributed by atoms with Crippen molar-refractivity contribution in [3.8, 4) is 5.75 Å². The average Bonchev–Trinajstić information content (AvgIpc) is 2.85. The molecule has 0 aliphatic heterocycles. The van der Waals surface area contributed by atoms with Crippen molar-refractivity contribution >= 4 is 23.2 Å². The largest absolute Gasteiger partial charge is 0.497 e. The minimum atomic E-state index is -0.395. The molecule has 0 aliphatic carbocycles. The summed E-state index contributed by atoms with van der Waals surface area (Å²) in [6.45, 7) is 0. The molecule has 1 aromatic heterocycles. The SMILES string of the molecule is COc1ccc(Cl)c(NC(=O)c2cn[nH]n2)c1. The zero-order valence-electron chi connectivity index (χ0n) is 8.90. The Morgan fingerprint density at radius 3 is 3.00 bits per heavy atom. The first kappa shape index (κ1) is 11.4. The van der Waals surface area contributed by atoms with Gasteiger partial charge in [-0.15, -0.1) is 0 Å². The molecule has 0 spiro atoms. The van der Waals surface area contributed by atoms with Gasteiger partial charge >= 0.3 is 0 Å². The number of carbonyl (C=O) groups excluding carboxylic acids is 1. The molecule has 2 N–H and O–H groups in total. The number of rotatable bonds is 3. The molecule has 0 bridgehead atoms. The van der Waals surface area contributed by atoms with Crippen LogP contribution in [0.15, 0.2) is 24.4 Å². The maximum absolute atomic E-state index is 11.7. The Bertz CT molecular complexity index is 527. The van der Waals surface area contributed by atoms with Crippen LogP contribution < -0.4 is 10.1 Å². The van der Waals surface area contributed by atoms with Gasteiger partial charge in [0.2, 0.25) is 0 Å². The van der Waals surface area contributed by atoms with Gasteiger partial charge < -0.3 is 10.1 Å². The maximum atomic E-state index is 11.7. The molecule has 0 saturated heterocycles. The first-order valence-corrected chi connectivity index (χ1v) is 5.09. The fraction of sp³-hybridized carbons (Fsp3) is 0.100. The molecule has 0 saturated carbocycles. The van der Waals surface area contributed by atoms with Gasteiger partial charge in [-0.25, -0.2) is 0 Å². The Morgan fingerprint density at radius 1 is 1.53 bits per heavy atom. The lowest BCUT2D eigenvalue weighted by atomic mass is 10.3. The maximum Gasteiger partial charge on any atom is 0.277 e. The number of aromatic amines is 1. The fourth-order valence-electron chi connectivity index (χ4n) is 1.22. The first-order chi connectivity index (χ1) is 8.20. The molecular weight excluding hydrogens is 244 g/mol. The Morgan fingerprint density at radius 2 is 2.35 bits per heavy atom. The highest BCUT2D eigenvalue weighted by Gasteiger charge is 2.11. The molecule has 0 atom stereocenters. The van der Waals surface area contributed by atoms with E-state index in [1.807, 2.05) is 0 Å². The zero-order chi connectivity index (χ0) is 12.3. The van der Waals surface area contributed by atoms with Crippen molar-refractivity contribution in [2.75, 3.05) is 12.4 Å². The van der Waals surface area contributed by atoms with Crippen LogP contribution in [0.25, 0.3) is 0 Å². The number of aromatic nitrogens is 3. The molecule has 1 heterocycles. The van der Waals surface area contributed by atoms with Crippen LogP contribution in [-0.2, 0) is 0 Å². The number of ether oxygens (including phenoxy) is 1. The third kappa shape index (κ3) is 2.54. The van der Waals surface area contributed by atoms with Crippen molar-refractivity contribution in [2.45, 2.75) is 0 Å². The number of carbonyl (C=O) groups is 1. The van der Waals surface area contributed by atoms with E-state index in [2.05, 4.69) is 20.7 Å². The number of H-pyrrole nitrogens is 1. The Hall–Kier alpha value is -2.08. The molecule has 0 radical (unpaired) electrons. The molecule has 1 amide bonds. The number of methoxy groups -OCH3 is 1. The van der Waals surface area contributed by atoms with E-state index in [9.17, 15) is 4.79 Å². The van der Waals surface area contributed by atoms with E-state index in [4.69, 9.17) is 16.3 Å². The van der Waals surface area contributed by atoms with Gasteiger partial charge in [-0.2, -0.15) is 15.4 Å². The highest BCUT2D eigenvalue weighted by molar-refractivity contribution is 6.34. The second-order valence-corrected chi connectivity index (χ2v) is 3.56. The van der Waals surface area contributed by atoms with E-state index in [-0.39, 0.29) is 5.69 Å². The summed E-state index contributed by atoms with van der Waals surface area (Å²) in [6, 6.07) is 4.97. The van der Waals surface area contributed by atoms with Crippen molar-refractivity contribution in [2.24, 2.45) is 0 Å². The Balaban J connectivity index is 2.21. The van der Waals surface area contributed by atoms with Crippen LogP contribution in [-0.4, -0.2) is 28.4 Å². The first-order valence-electron chi connectivity index (χ1n) is 4.71. The number of nitrogens with zero attached hydrogens (tertiary/aromatic N) is 2. The molecule has 7 heteroatoms. The number of hydrogen-bond acceptors (Lipinski definition) is 4. The zero-order valence-corrected chi connectivity index (χ0v) is 9.65. The summed E-state index contributed by atoms with van der Waals surface area (Å²) in [5, 5.41) is 12.6. The summed E-state index contributed by atoms with van der Waals surface area (Å²) in [7, 11) is 1.53. The van der Waals surface area contributed by atoms with Crippen molar-refractivity contribution in [3.05, 3.63) is 35.1 Å². The quantitative estimate of drug-likeness (QED) is 0.872. The number of amides is 1. The van der Waals surface area contributed by atoms with Crippen molar-refractivity contribution in [1.29, 1.82) is 0 Å². The van der Waals surface area contributed by atoms with Crippen LogP contribution in [0, 0.1) is 0 Å². The monoisotopic (exact) mass is 252 g/mol. The van der Waals surface area contributed by atoms with E-state index >= 15 is 0 Å². The molecule has 17 heavy (non-hydrogen) atoms. The van der Waals surface area contributed by atoms with Crippen LogP contribution in [0.1, 0.15) is 10.5 Å². The number of nitrogens with one attached hydrogen (secondary N) is 2. The summed E-state index contributed by atoms with van der Waals surface area (Å²) in [6.07, 6.45) is 1.32. The standard InChI is InChI=1S/C10H9ClN4O2/c1-17-6-2-3-7(11)8(4-6)13-10(16)9-5-12-15-14-9/h2-5H,1H3,(H,13,16)(H,12,14,15). The van der Waals surface area contributed by atoms with Gasteiger partial charge in [0, 0.05) is 6.07 Å². The topological polar surface area (TPSA) is 79.9 Å².